The molecule has 9 heteroatoms. The van der Waals surface area contributed by atoms with E-state index in [9.17, 15) is 14.4 Å². The van der Waals surface area contributed by atoms with Gasteiger partial charge in [0, 0.05) is 37.1 Å². The van der Waals surface area contributed by atoms with Crippen molar-refractivity contribution in [3.8, 4) is 0 Å². The summed E-state index contributed by atoms with van der Waals surface area (Å²) in [6, 6.07) is 8.52. The van der Waals surface area contributed by atoms with E-state index in [2.05, 4.69) is 4.98 Å². The predicted molar refractivity (Wildman–Crippen MR) is 119 cm³/mol. The number of pyridine rings is 1. The van der Waals surface area contributed by atoms with Gasteiger partial charge in [-0.05, 0) is 60.6 Å². The van der Waals surface area contributed by atoms with E-state index in [1.54, 1.807) is 42.7 Å². The number of fused-ring (bicyclic) bond motifs is 2. The summed E-state index contributed by atoms with van der Waals surface area (Å²) < 4.78 is 0. The Morgan fingerprint density at radius 3 is 2.42 bits per heavy atom. The van der Waals surface area contributed by atoms with Crippen LogP contribution in [-0.2, 0) is 6.54 Å². The summed E-state index contributed by atoms with van der Waals surface area (Å²) in [6.45, 7) is 1.57. The summed E-state index contributed by atoms with van der Waals surface area (Å²) in [6.07, 6.45) is 5.35. The molecule has 164 valence electrons. The smallest absolute Gasteiger partial charge is 0.261 e. The summed E-state index contributed by atoms with van der Waals surface area (Å²) >= 11 is 0. The minimum atomic E-state index is -0.364. The molecule has 3 atom stereocenters. The third-order valence-electron chi connectivity index (χ3n) is 6.51. The van der Waals surface area contributed by atoms with Crippen molar-refractivity contribution in [2.75, 3.05) is 13.1 Å². The van der Waals surface area contributed by atoms with Crippen molar-refractivity contribution < 1.29 is 14.4 Å². The van der Waals surface area contributed by atoms with Gasteiger partial charge >= 0.3 is 0 Å². The number of likely N-dealkylation sites (tertiary alicyclic amines) is 1. The molecule has 7 nitrogen and oxygen atoms in total. The molecule has 0 radical (unpaired) electrons. The number of benzene rings is 1. The van der Waals surface area contributed by atoms with Crippen LogP contribution in [-0.4, -0.2) is 51.6 Å². The Hall–Kier alpha value is -2.48. The summed E-state index contributed by atoms with van der Waals surface area (Å²) in [4.78, 5) is 45.6. The van der Waals surface area contributed by atoms with Crippen molar-refractivity contribution in [3.63, 3.8) is 0 Å². The zero-order valence-electron chi connectivity index (χ0n) is 16.8. The molecule has 1 saturated carbocycles. The second-order valence-electron chi connectivity index (χ2n) is 8.19. The monoisotopic (exact) mass is 462 g/mol. The number of amides is 3. The standard InChI is InChI=1S/C22H22N4O3.2ClH/c23-19-4-2-15-11-25(12-18(15)19)20(27)14-1-3-16-17(9-14)22(29)26(21(16)28)10-13-5-7-24-8-6-13;;/h1,3,5-9,15,18-19H,2,4,10-12,23H2;2*1H. The van der Waals surface area contributed by atoms with E-state index in [0.717, 1.165) is 24.9 Å². The van der Waals surface area contributed by atoms with E-state index in [0.29, 0.717) is 35.1 Å². The fourth-order valence-corrected chi connectivity index (χ4v) is 4.89. The molecule has 2 aromatic rings. The number of carbonyl (C=O) groups is 3. The first-order valence-electron chi connectivity index (χ1n) is 9.97. The maximum atomic E-state index is 13.0. The van der Waals surface area contributed by atoms with E-state index in [1.165, 1.54) is 4.90 Å². The number of carbonyl (C=O) groups excluding carboxylic acids is 3. The number of hydrogen-bond donors (Lipinski definition) is 1. The van der Waals surface area contributed by atoms with Crippen LogP contribution in [0.2, 0.25) is 0 Å². The SMILES string of the molecule is Cl.Cl.NC1CCC2CN(C(=O)c3ccc4c(c3)C(=O)N(Cc3ccncc3)C4=O)CC12. The Bertz CT molecular complexity index is 1020. The number of hydrogen-bond acceptors (Lipinski definition) is 5. The van der Waals surface area contributed by atoms with E-state index in [1.807, 2.05) is 4.90 Å². The normalized spacial score (nSPS) is 23.8. The van der Waals surface area contributed by atoms with Crippen molar-refractivity contribution in [1.82, 2.24) is 14.8 Å². The fraction of sp³-hybridized carbons (Fsp3) is 0.364. The highest BCUT2D eigenvalue weighted by molar-refractivity contribution is 6.22. The molecule has 1 aromatic carbocycles. The van der Waals surface area contributed by atoms with Gasteiger partial charge in [0.15, 0.2) is 0 Å². The maximum absolute atomic E-state index is 13.0. The molecule has 31 heavy (non-hydrogen) atoms. The van der Waals surface area contributed by atoms with Gasteiger partial charge in [0.25, 0.3) is 17.7 Å². The van der Waals surface area contributed by atoms with Crippen LogP contribution in [0.5, 0.6) is 0 Å². The highest BCUT2D eigenvalue weighted by Crippen LogP contribution is 2.37. The van der Waals surface area contributed by atoms with Crippen LogP contribution in [0.1, 0.15) is 49.5 Å². The third-order valence-corrected chi connectivity index (χ3v) is 6.51. The molecule has 0 spiro atoms. The van der Waals surface area contributed by atoms with Crippen molar-refractivity contribution in [2.45, 2.75) is 25.4 Å². The van der Waals surface area contributed by atoms with Crippen molar-refractivity contribution in [3.05, 3.63) is 65.0 Å². The lowest BCUT2D eigenvalue weighted by molar-refractivity contribution is 0.0642. The zero-order chi connectivity index (χ0) is 20.1. The van der Waals surface area contributed by atoms with Gasteiger partial charge in [-0.3, -0.25) is 24.3 Å². The average molecular weight is 463 g/mol. The molecule has 2 N–H and O–H groups in total. The number of nitrogens with two attached hydrogens (primary N) is 1. The lowest BCUT2D eigenvalue weighted by Gasteiger charge is -2.19. The molecule has 2 fully saturated rings. The highest BCUT2D eigenvalue weighted by Gasteiger charge is 2.43. The zero-order valence-corrected chi connectivity index (χ0v) is 18.4. The van der Waals surface area contributed by atoms with Gasteiger partial charge in [0.2, 0.25) is 0 Å². The molecule has 3 heterocycles. The fourth-order valence-electron chi connectivity index (χ4n) is 4.89. The van der Waals surface area contributed by atoms with Crippen molar-refractivity contribution in [2.24, 2.45) is 17.6 Å². The van der Waals surface area contributed by atoms with Gasteiger partial charge in [-0.25, -0.2) is 0 Å². The molecule has 1 saturated heterocycles. The topological polar surface area (TPSA) is 96.6 Å². The number of halogens is 2. The lowest BCUT2D eigenvalue weighted by atomic mass is 9.98. The Morgan fingerprint density at radius 2 is 1.71 bits per heavy atom. The van der Waals surface area contributed by atoms with Crippen molar-refractivity contribution >= 4 is 42.5 Å². The number of rotatable bonds is 3. The van der Waals surface area contributed by atoms with Crippen LogP contribution < -0.4 is 5.73 Å². The van der Waals surface area contributed by atoms with E-state index < -0.39 is 0 Å². The van der Waals surface area contributed by atoms with Crippen molar-refractivity contribution in [1.29, 1.82) is 0 Å². The maximum Gasteiger partial charge on any atom is 0.261 e. The molecule has 1 aromatic heterocycles. The molecule has 2 aliphatic heterocycles. The van der Waals surface area contributed by atoms with Crippen LogP contribution in [0.15, 0.2) is 42.7 Å². The second kappa shape index (κ2) is 8.94. The summed E-state index contributed by atoms with van der Waals surface area (Å²) in [5.41, 5.74) is 8.10. The molecule has 1 aliphatic carbocycles. The molecular formula is C22H24Cl2N4O3. The molecule has 3 aliphatic rings. The summed E-state index contributed by atoms with van der Waals surface area (Å²) in [5, 5.41) is 0. The number of imide groups is 1. The van der Waals surface area contributed by atoms with Gasteiger partial charge in [-0.15, -0.1) is 24.8 Å². The van der Waals surface area contributed by atoms with E-state index in [-0.39, 0.29) is 55.1 Å². The van der Waals surface area contributed by atoms with Crippen LogP contribution >= 0.6 is 24.8 Å². The Morgan fingerprint density at radius 1 is 1.00 bits per heavy atom. The number of aromatic nitrogens is 1. The number of nitrogens with zero attached hydrogens (tertiary/aromatic N) is 3. The van der Waals surface area contributed by atoms with E-state index >= 15 is 0 Å². The average Bonchev–Trinajstić information content (AvgIpc) is 3.38. The molecule has 0 bridgehead atoms. The Balaban J connectivity index is 0.00000136. The minimum absolute atomic E-state index is 0. The Labute approximate surface area is 192 Å². The highest BCUT2D eigenvalue weighted by atomic mass is 35.5. The van der Waals surface area contributed by atoms with Gasteiger partial charge in [0.1, 0.15) is 0 Å². The molecule has 3 amide bonds. The quantitative estimate of drug-likeness (QED) is 0.706. The van der Waals surface area contributed by atoms with Gasteiger partial charge < -0.3 is 10.6 Å². The van der Waals surface area contributed by atoms with E-state index in [4.69, 9.17) is 5.73 Å². The minimum Gasteiger partial charge on any atom is -0.338 e. The lowest BCUT2D eigenvalue weighted by Crippen LogP contribution is -2.33. The van der Waals surface area contributed by atoms with Gasteiger partial charge in [0.05, 0.1) is 17.7 Å². The largest absolute Gasteiger partial charge is 0.338 e. The van der Waals surface area contributed by atoms with Crippen LogP contribution in [0, 0.1) is 11.8 Å². The third kappa shape index (κ3) is 3.93. The Kier molecular flexibility index (Phi) is 6.69. The van der Waals surface area contributed by atoms with Gasteiger partial charge in [-0.2, -0.15) is 0 Å². The molecule has 5 rings (SSSR count). The molecular weight excluding hydrogens is 439 g/mol. The predicted octanol–water partition coefficient (Wildman–Crippen LogP) is 2.53. The first-order chi connectivity index (χ1) is 14.0. The van der Waals surface area contributed by atoms with Crippen LogP contribution in [0.3, 0.4) is 0 Å². The van der Waals surface area contributed by atoms with Crippen LogP contribution in [0.25, 0.3) is 0 Å². The van der Waals surface area contributed by atoms with Gasteiger partial charge in [-0.1, -0.05) is 0 Å². The first-order valence-corrected chi connectivity index (χ1v) is 9.97. The summed E-state index contributed by atoms with van der Waals surface area (Å²) in [7, 11) is 0. The first kappa shape index (κ1) is 23.2. The van der Waals surface area contributed by atoms with Crippen LogP contribution in [0.4, 0.5) is 0 Å². The second-order valence-corrected chi connectivity index (χ2v) is 8.19. The summed E-state index contributed by atoms with van der Waals surface area (Å²) in [5.74, 6) is 0.0522. The molecule has 3 unspecified atom stereocenters.